The van der Waals surface area contributed by atoms with Gasteiger partial charge in [-0.25, -0.2) is 9.48 Å². The predicted octanol–water partition coefficient (Wildman–Crippen LogP) is 1.34. The van der Waals surface area contributed by atoms with E-state index < -0.39 is 5.97 Å². The van der Waals surface area contributed by atoms with Crippen molar-refractivity contribution in [3.63, 3.8) is 0 Å². The van der Waals surface area contributed by atoms with Gasteiger partial charge in [0, 0.05) is 0 Å². The maximum atomic E-state index is 11.7. The van der Waals surface area contributed by atoms with Gasteiger partial charge in [0.25, 0.3) is 5.82 Å². The van der Waals surface area contributed by atoms with Crippen molar-refractivity contribution >= 4 is 5.97 Å². The van der Waals surface area contributed by atoms with Crippen LogP contribution in [0.2, 0.25) is 0 Å². The van der Waals surface area contributed by atoms with Crippen molar-refractivity contribution in [2.45, 2.75) is 63.7 Å². The number of aromatic nitrogens is 4. The first-order valence-corrected chi connectivity index (χ1v) is 7.33. The van der Waals surface area contributed by atoms with E-state index in [1.165, 1.54) is 17.5 Å². The Morgan fingerprint density at radius 3 is 3.00 bits per heavy atom. The van der Waals surface area contributed by atoms with E-state index in [1.54, 1.807) is 6.92 Å². The van der Waals surface area contributed by atoms with E-state index >= 15 is 0 Å². The molecule has 0 amide bonds. The summed E-state index contributed by atoms with van der Waals surface area (Å²) in [4.78, 5) is 11.7. The zero-order valence-corrected chi connectivity index (χ0v) is 11.7. The predicted molar refractivity (Wildman–Crippen MR) is 69.1 cm³/mol. The summed E-state index contributed by atoms with van der Waals surface area (Å²) in [7, 11) is 0. The van der Waals surface area contributed by atoms with E-state index in [1.807, 2.05) is 0 Å². The molecule has 7 nitrogen and oxygen atoms in total. The lowest BCUT2D eigenvalue weighted by molar-refractivity contribution is -0.0433. The number of carbonyl (C=O) groups is 1. The fraction of sp³-hybridized carbons (Fsp3) is 0.846. The van der Waals surface area contributed by atoms with Crippen molar-refractivity contribution in [2.24, 2.45) is 0 Å². The molecule has 20 heavy (non-hydrogen) atoms. The lowest BCUT2D eigenvalue weighted by Crippen LogP contribution is -2.28. The van der Waals surface area contributed by atoms with Gasteiger partial charge in [0.15, 0.2) is 0 Å². The van der Waals surface area contributed by atoms with Gasteiger partial charge in [-0.3, -0.25) is 0 Å². The van der Waals surface area contributed by atoms with Crippen LogP contribution in [0.4, 0.5) is 0 Å². The Labute approximate surface area is 117 Å². The van der Waals surface area contributed by atoms with Crippen molar-refractivity contribution in [1.82, 2.24) is 20.2 Å². The Bertz CT molecular complexity index is 482. The minimum absolute atomic E-state index is 0.0861. The summed E-state index contributed by atoms with van der Waals surface area (Å²) in [5, 5.41) is 11.2. The van der Waals surface area contributed by atoms with Crippen LogP contribution in [0.1, 0.15) is 56.1 Å². The lowest BCUT2D eigenvalue weighted by atomic mass is 9.98. The van der Waals surface area contributed by atoms with Crippen molar-refractivity contribution in [3.8, 4) is 0 Å². The van der Waals surface area contributed by atoms with Crippen LogP contribution in [0.3, 0.4) is 0 Å². The monoisotopic (exact) mass is 280 g/mol. The molecule has 0 bridgehead atoms. The largest absolute Gasteiger partial charge is 0.460 e. The van der Waals surface area contributed by atoms with Gasteiger partial charge >= 0.3 is 5.97 Å². The average Bonchev–Trinajstić information content (AvgIpc) is 3.14. The summed E-state index contributed by atoms with van der Waals surface area (Å²) in [6, 6.07) is 0. The van der Waals surface area contributed by atoms with Crippen LogP contribution >= 0.6 is 0 Å². The first-order chi connectivity index (χ1) is 9.72. The zero-order chi connectivity index (χ0) is 14.0. The van der Waals surface area contributed by atoms with Gasteiger partial charge < -0.3 is 9.47 Å². The summed E-state index contributed by atoms with van der Waals surface area (Å²) in [5.74, 6) is -0.325. The van der Waals surface area contributed by atoms with Crippen LogP contribution < -0.4 is 0 Å². The summed E-state index contributed by atoms with van der Waals surface area (Å²) in [5.41, 5.74) is 0.0861. The van der Waals surface area contributed by atoms with Gasteiger partial charge in [0.2, 0.25) is 0 Å². The Morgan fingerprint density at radius 1 is 1.45 bits per heavy atom. The Kier molecular flexibility index (Phi) is 3.69. The lowest BCUT2D eigenvalue weighted by Gasteiger charge is -2.23. The molecule has 1 saturated carbocycles. The molecular formula is C13H20N4O3. The molecule has 1 aliphatic carbocycles. The highest BCUT2D eigenvalue weighted by atomic mass is 16.5. The maximum absolute atomic E-state index is 11.7. The van der Waals surface area contributed by atoms with Crippen molar-refractivity contribution in [1.29, 1.82) is 0 Å². The number of hydrogen-bond donors (Lipinski definition) is 0. The SMILES string of the molecule is CCOC(=O)c1nnnn1CC1CCC2(CCCC2)O1. The molecule has 1 aromatic rings. The molecule has 110 valence electrons. The molecule has 1 unspecified atom stereocenters. The summed E-state index contributed by atoms with van der Waals surface area (Å²) >= 11 is 0. The second kappa shape index (κ2) is 5.47. The minimum atomic E-state index is -0.480. The molecule has 1 atom stereocenters. The van der Waals surface area contributed by atoms with Crippen LogP contribution in [0.15, 0.2) is 0 Å². The summed E-state index contributed by atoms with van der Waals surface area (Å²) in [6.07, 6.45) is 7.02. The van der Waals surface area contributed by atoms with Gasteiger partial charge in [-0.15, -0.1) is 5.10 Å². The maximum Gasteiger partial charge on any atom is 0.378 e. The zero-order valence-electron chi connectivity index (χ0n) is 11.7. The fourth-order valence-electron chi connectivity index (χ4n) is 3.27. The Morgan fingerprint density at radius 2 is 2.25 bits per heavy atom. The molecule has 1 aromatic heterocycles. The molecule has 0 radical (unpaired) electrons. The minimum Gasteiger partial charge on any atom is -0.460 e. The van der Waals surface area contributed by atoms with Gasteiger partial charge in [-0.1, -0.05) is 12.8 Å². The molecule has 2 aliphatic rings. The molecule has 0 N–H and O–H groups in total. The number of rotatable bonds is 4. The number of carbonyl (C=O) groups excluding carboxylic acids is 1. The van der Waals surface area contributed by atoms with Crippen LogP contribution in [0.25, 0.3) is 0 Å². The normalized spacial score (nSPS) is 24.4. The van der Waals surface area contributed by atoms with Gasteiger partial charge in [0.05, 0.1) is 24.9 Å². The van der Waals surface area contributed by atoms with Gasteiger partial charge in [-0.2, -0.15) is 0 Å². The smallest absolute Gasteiger partial charge is 0.378 e. The molecule has 7 heteroatoms. The highest BCUT2D eigenvalue weighted by molar-refractivity contribution is 5.85. The molecule has 0 aromatic carbocycles. The molecule has 1 spiro atoms. The highest BCUT2D eigenvalue weighted by Gasteiger charge is 2.42. The van der Waals surface area contributed by atoms with Crippen LogP contribution in [0, 0.1) is 0 Å². The second-order valence-corrected chi connectivity index (χ2v) is 5.57. The molecule has 1 aliphatic heterocycles. The van der Waals surface area contributed by atoms with Crippen LogP contribution in [-0.4, -0.2) is 44.5 Å². The average molecular weight is 280 g/mol. The van der Waals surface area contributed by atoms with E-state index in [9.17, 15) is 4.79 Å². The van der Waals surface area contributed by atoms with E-state index in [4.69, 9.17) is 9.47 Å². The molecule has 2 fully saturated rings. The topological polar surface area (TPSA) is 79.1 Å². The van der Waals surface area contributed by atoms with Crippen molar-refractivity contribution < 1.29 is 14.3 Å². The van der Waals surface area contributed by atoms with Crippen LogP contribution in [-0.2, 0) is 16.0 Å². The van der Waals surface area contributed by atoms with Crippen molar-refractivity contribution in [2.75, 3.05) is 6.61 Å². The van der Waals surface area contributed by atoms with E-state index in [-0.39, 0.29) is 17.5 Å². The Hall–Kier alpha value is -1.50. The number of ether oxygens (including phenoxy) is 2. The van der Waals surface area contributed by atoms with Gasteiger partial charge in [0.1, 0.15) is 0 Å². The third kappa shape index (κ3) is 2.54. The van der Waals surface area contributed by atoms with E-state index in [0.29, 0.717) is 13.2 Å². The number of tetrazole rings is 1. The van der Waals surface area contributed by atoms with Crippen LogP contribution in [0.5, 0.6) is 0 Å². The number of esters is 1. The Balaban J connectivity index is 1.64. The third-order valence-electron chi connectivity index (χ3n) is 4.22. The molecule has 2 heterocycles. The number of hydrogen-bond acceptors (Lipinski definition) is 6. The fourth-order valence-corrected chi connectivity index (χ4v) is 3.27. The standard InChI is InChI=1S/C13H20N4O3/c1-2-19-12(18)11-14-15-16-17(11)9-10-5-8-13(20-10)6-3-4-7-13/h10H,2-9H2,1H3. The quantitative estimate of drug-likeness (QED) is 0.774. The third-order valence-corrected chi connectivity index (χ3v) is 4.22. The first kappa shape index (κ1) is 13.5. The summed E-state index contributed by atoms with van der Waals surface area (Å²) in [6.45, 7) is 2.59. The van der Waals surface area contributed by atoms with E-state index in [0.717, 1.165) is 25.7 Å². The molecule has 1 saturated heterocycles. The van der Waals surface area contributed by atoms with E-state index in [2.05, 4.69) is 15.5 Å². The molecule has 3 rings (SSSR count). The van der Waals surface area contributed by atoms with Gasteiger partial charge in [-0.05, 0) is 43.0 Å². The summed E-state index contributed by atoms with van der Waals surface area (Å²) < 4.78 is 12.6. The first-order valence-electron chi connectivity index (χ1n) is 7.33. The second-order valence-electron chi connectivity index (χ2n) is 5.57. The van der Waals surface area contributed by atoms with Crippen molar-refractivity contribution in [3.05, 3.63) is 5.82 Å². The molecular weight excluding hydrogens is 260 g/mol. The number of nitrogens with zero attached hydrogens (tertiary/aromatic N) is 4. The highest BCUT2D eigenvalue weighted by Crippen LogP contribution is 2.43.